The van der Waals surface area contributed by atoms with Gasteiger partial charge in [-0.3, -0.25) is 14.4 Å². The third-order valence-electron chi connectivity index (χ3n) is 13.6. The van der Waals surface area contributed by atoms with Gasteiger partial charge in [0.05, 0.1) is 0 Å². The minimum atomic E-state index is -0.780. The van der Waals surface area contributed by atoms with Crippen LogP contribution in [0.25, 0.3) is 0 Å². The van der Waals surface area contributed by atoms with Gasteiger partial charge in [0.1, 0.15) is 13.2 Å². The summed E-state index contributed by atoms with van der Waals surface area (Å²) in [5.41, 5.74) is 0. The van der Waals surface area contributed by atoms with E-state index in [1.165, 1.54) is 180 Å². The van der Waals surface area contributed by atoms with Crippen molar-refractivity contribution < 1.29 is 28.6 Å². The quantitative estimate of drug-likeness (QED) is 0.0261. The van der Waals surface area contributed by atoms with E-state index >= 15 is 0 Å². The molecule has 0 bridgehead atoms. The standard InChI is InChI=1S/C67H118O6/c1-4-7-10-13-16-19-22-24-26-28-30-31-32-33-34-35-36-37-38-40-41-43-45-48-51-54-57-60-66(69)72-63-64(62-71-65(68)59-56-53-50-47-21-18-15-12-9-6-3)73-67(70)61-58-55-52-49-46-44-42-39-29-27-25-23-20-17-14-11-8-5-2/h7,10,12,15-16,19,24,26-27,29-31,64H,4-6,8-9,11,13-14,17-18,20-23,25,28,32-63H2,1-3H3/b10-7-,15-12-,19-16-,26-24-,29-27-,31-30-. The molecule has 0 aliphatic rings. The molecule has 6 heteroatoms. The minimum Gasteiger partial charge on any atom is -0.462 e. The number of hydrogen-bond donors (Lipinski definition) is 0. The van der Waals surface area contributed by atoms with Gasteiger partial charge in [0.2, 0.25) is 0 Å². The average molecular weight is 1020 g/mol. The van der Waals surface area contributed by atoms with E-state index < -0.39 is 6.10 Å². The maximum atomic E-state index is 12.9. The summed E-state index contributed by atoms with van der Waals surface area (Å²) in [7, 11) is 0. The second-order valence-electron chi connectivity index (χ2n) is 20.9. The molecule has 0 saturated carbocycles. The number of rotatable bonds is 57. The Morgan fingerprint density at radius 2 is 0.562 bits per heavy atom. The Kier molecular flexibility index (Phi) is 58.7. The van der Waals surface area contributed by atoms with Crippen molar-refractivity contribution in [3.63, 3.8) is 0 Å². The van der Waals surface area contributed by atoms with Gasteiger partial charge < -0.3 is 14.2 Å². The molecule has 0 N–H and O–H groups in total. The summed E-state index contributed by atoms with van der Waals surface area (Å²) in [6, 6.07) is 0. The summed E-state index contributed by atoms with van der Waals surface area (Å²) in [6.07, 6.45) is 79.2. The summed E-state index contributed by atoms with van der Waals surface area (Å²) in [6.45, 7) is 6.48. The van der Waals surface area contributed by atoms with E-state index in [2.05, 4.69) is 93.7 Å². The number of hydrogen-bond acceptors (Lipinski definition) is 6. The van der Waals surface area contributed by atoms with Gasteiger partial charge in [0.15, 0.2) is 6.10 Å². The van der Waals surface area contributed by atoms with Crippen LogP contribution in [0.4, 0.5) is 0 Å². The summed E-state index contributed by atoms with van der Waals surface area (Å²) in [5.74, 6) is -0.881. The number of esters is 3. The Bertz CT molecular complexity index is 1360. The largest absolute Gasteiger partial charge is 0.462 e. The molecule has 0 radical (unpaired) electrons. The van der Waals surface area contributed by atoms with Gasteiger partial charge in [0, 0.05) is 19.3 Å². The normalized spacial score (nSPS) is 12.5. The summed E-state index contributed by atoms with van der Waals surface area (Å²) < 4.78 is 16.9. The van der Waals surface area contributed by atoms with Crippen molar-refractivity contribution in [2.24, 2.45) is 0 Å². The van der Waals surface area contributed by atoms with Crippen LogP contribution < -0.4 is 0 Å². The first kappa shape index (κ1) is 69.8. The second-order valence-corrected chi connectivity index (χ2v) is 20.9. The molecular formula is C67H118O6. The summed E-state index contributed by atoms with van der Waals surface area (Å²) >= 11 is 0. The fourth-order valence-electron chi connectivity index (χ4n) is 8.96. The van der Waals surface area contributed by atoms with Crippen molar-refractivity contribution in [3.05, 3.63) is 72.9 Å². The van der Waals surface area contributed by atoms with Crippen molar-refractivity contribution >= 4 is 17.9 Å². The van der Waals surface area contributed by atoms with Crippen molar-refractivity contribution in [2.45, 2.75) is 322 Å². The molecule has 73 heavy (non-hydrogen) atoms. The second kappa shape index (κ2) is 61.4. The Labute approximate surface area is 453 Å². The number of allylic oxidation sites excluding steroid dienone is 12. The molecule has 0 spiro atoms. The minimum absolute atomic E-state index is 0.0778. The zero-order chi connectivity index (χ0) is 52.9. The van der Waals surface area contributed by atoms with Crippen LogP contribution in [0.5, 0.6) is 0 Å². The summed E-state index contributed by atoms with van der Waals surface area (Å²) in [5, 5.41) is 0. The zero-order valence-electron chi connectivity index (χ0n) is 48.4. The molecule has 0 aromatic heterocycles. The highest BCUT2D eigenvalue weighted by Crippen LogP contribution is 2.16. The van der Waals surface area contributed by atoms with E-state index in [1.54, 1.807) is 0 Å². The van der Waals surface area contributed by atoms with Gasteiger partial charge >= 0.3 is 17.9 Å². The number of unbranched alkanes of at least 4 members (excludes halogenated alkanes) is 34. The molecule has 0 amide bonds. The van der Waals surface area contributed by atoms with Crippen LogP contribution >= 0.6 is 0 Å². The topological polar surface area (TPSA) is 78.9 Å². The van der Waals surface area contributed by atoms with Crippen LogP contribution in [-0.4, -0.2) is 37.2 Å². The van der Waals surface area contributed by atoms with Crippen LogP contribution in [0.15, 0.2) is 72.9 Å². The van der Waals surface area contributed by atoms with E-state index in [9.17, 15) is 14.4 Å². The maximum absolute atomic E-state index is 12.9. The van der Waals surface area contributed by atoms with Gasteiger partial charge in [-0.25, -0.2) is 0 Å². The SMILES string of the molecule is CC/C=C\C/C=C\C/C=C\C/C=C\CCCCCCCCCCCCCCCCC(=O)OCC(COC(=O)CCCCCCC/C=C\CCC)OC(=O)CCCCCCCCC/C=C\CCCCCCCCC. The van der Waals surface area contributed by atoms with Crippen LogP contribution in [-0.2, 0) is 28.6 Å². The van der Waals surface area contributed by atoms with E-state index in [4.69, 9.17) is 14.2 Å². The van der Waals surface area contributed by atoms with E-state index in [0.29, 0.717) is 19.3 Å². The predicted octanol–water partition coefficient (Wildman–Crippen LogP) is 21.3. The molecule has 1 atom stereocenters. The zero-order valence-corrected chi connectivity index (χ0v) is 48.4. The van der Waals surface area contributed by atoms with Crippen molar-refractivity contribution in [1.29, 1.82) is 0 Å². The van der Waals surface area contributed by atoms with Crippen molar-refractivity contribution in [1.82, 2.24) is 0 Å². The predicted molar refractivity (Wildman–Crippen MR) is 316 cm³/mol. The fourth-order valence-corrected chi connectivity index (χ4v) is 8.96. The highest BCUT2D eigenvalue weighted by atomic mass is 16.6. The third-order valence-corrected chi connectivity index (χ3v) is 13.6. The lowest BCUT2D eigenvalue weighted by atomic mass is 10.0. The lowest BCUT2D eigenvalue weighted by Gasteiger charge is -2.18. The number of carbonyl (C=O) groups excluding carboxylic acids is 3. The molecular weight excluding hydrogens is 901 g/mol. The van der Waals surface area contributed by atoms with E-state index in [-0.39, 0.29) is 31.1 Å². The first-order valence-corrected chi connectivity index (χ1v) is 31.4. The Morgan fingerprint density at radius 1 is 0.288 bits per heavy atom. The molecule has 1 unspecified atom stereocenters. The van der Waals surface area contributed by atoms with Crippen molar-refractivity contribution in [2.75, 3.05) is 13.2 Å². The molecule has 422 valence electrons. The van der Waals surface area contributed by atoms with Gasteiger partial charge in [-0.15, -0.1) is 0 Å². The monoisotopic (exact) mass is 1020 g/mol. The molecule has 0 heterocycles. The molecule has 0 aromatic carbocycles. The molecule has 0 aromatic rings. The number of ether oxygens (including phenoxy) is 3. The Hall–Kier alpha value is -3.15. The molecule has 0 aliphatic carbocycles. The number of carbonyl (C=O) groups is 3. The first-order valence-electron chi connectivity index (χ1n) is 31.4. The van der Waals surface area contributed by atoms with Gasteiger partial charge in [-0.1, -0.05) is 267 Å². The lowest BCUT2D eigenvalue weighted by molar-refractivity contribution is -0.167. The van der Waals surface area contributed by atoms with Gasteiger partial charge in [-0.2, -0.15) is 0 Å². The van der Waals surface area contributed by atoms with Crippen LogP contribution in [0, 0.1) is 0 Å². The Morgan fingerprint density at radius 3 is 0.904 bits per heavy atom. The van der Waals surface area contributed by atoms with E-state index in [0.717, 1.165) is 96.3 Å². The van der Waals surface area contributed by atoms with Gasteiger partial charge in [-0.05, 0) is 103 Å². The maximum Gasteiger partial charge on any atom is 0.306 e. The van der Waals surface area contributed by atoms with E-state index in [1.807, 2.05) is 0 Å². The fraction of sp³-hybridized carbons (Fsp3) is 0.776. The third kappa shape index (κ3) is 59.6. The Balaban J connectivity index is 4.20. The molecule has 0 saturated heterocycles. The van der Waals surface area contributed by atoms with Gasteiger partial charge in [0.25, 0.3) is 0 Å². The first-order chi connectivity index (χ1) is 36.0. The molecule has 6 nitrogen and oxygen atoms in total. The highest BCUT2D eigenvalue weighted by molar-refractivity contribution is 5.71. The molecule has 0 fully saturated rings. The van der Waals surface area contributed by atoms with Crippen LogP contribution in [0.2, 0.25) is 0 Å². The molecule has 0 aliphatic heterocycles. The average Bonchev–Trinajstić information content (AvgIpc) is 3.39. The molecule has 0 rings (SSSR count). The smallest absolute Gasteiger partial charge is 0.306 e. The highest BCUT2D eigenvalue weighted by Gasteiger charge is 2.19. The lowest BCUT2D eigenvalue weighted by Crippen LogP contribution is -2.30. The van der Waals surface area contributed by atoms with Crippen LogP contribution in [0.1, 0.15) is 316 Å². The van der Waals surface area contributed by atoms with Crippen molar-refractivity contribution in [3.8, 4) is 0 Å². The van der Waals surface area contributed by atoms with Crippen LogP contribution in [0.3, 0.4) is 0 Å². The summed E-state index contributed by atoms with van der Waals surface area (Å²) in [4.78, 5) is 38.2.